The molecule has 0 amide bonds. The Balaban J connectivity index is 3.96. The highest BCUT2D eigenvalue weighted by Gasteiger charge is 2.27. The Labute approximate surface area is 83.0 Å². The summed E-state index contributed by atoms with van der Waals surface area (Å²) in [5.74, 6) is 0.350. The van der Waals surface area contributed by atoms with Crippen LogP contribution >= 0.6 is 0 Å². The lowest BCUT2D eigenvalue weighted by Crippen LogP contribution is -2.29. The zero-order valence-corrected chi connectivity index (χ0v) is 8.80. The average molecular weight is 199 g/mol. The van der Waals surface area contributed by atoms with E-state index in [1.165, 1.54) is 0 Å². The van der Waals surface area contributed by atoms with Crippen LogP contribution in [0.15, 0.2) is 0 Å². The Hall–Kier alpha value is -0.335. The number of aliphatic hydroxyl groups is 1. The first-order valence-electron chi connectivity index (χ1n) is 4.08. The van der Waals surface area contributed by atoms with E-state index in [-0.39, 0.29) is 5.65 Å². The van der Waals surface area contributed by atoms with E-state index in [1.807, 2.05) is 6.07 Å². The third-order valence-corrected chi connectivity index (χ3v) is 2.99. The molecule has 0 heterocycles. The van der Waals surface area contributed by atoms with Crippen LogP contribution in [-0.2, 0) is 10.8 Å². The van der Waals surface area contributed by atoms with Crippen LogP contribution in [-0.4, -0.2) is 34.7 Å². The lowest BCUT2D eigenvalue weighted by molar-refractivity contribution is 0.0840. The van der Waals surface area contributed by atoms with E-state index in [9.17, 15) is 9.32 Å². The molecule has 0 aliphatic rings. The second-order valence-corrected chi connectivity index (χ2v) is 5.07. The predicted molar refractivity (Wildman–Crippen MR) is 53.6 cm³/mol. The summed E-state index contributed by atoms with van der Waals surface area (Å²) >= 11 is 0. The summed E-state index contributed by atoms with van der Waals surface area (Å²) < 4.78 is 10.9. The second-order valence-electron chi connectivity index (χ2n) is 3.45. The first-order valence-corrected chi connectivity index (χ1v) is 5.57. The van der Waals surface area contributed by atoms with Gasteiger partial charge in [0.05, 0.1) is 25.4 Å². The highest BCUT2D eigenvalue weighted by Crippen LogP contribution is 2.21. The topological polar surface area (TPSA) is 61.1 Å². The molecule has 0 aromatic carbocycles. The van der Waals surface area contributed by atoms with Gasteiger partial charge in [0.15, 0.2) is 0 Å². The molecule has 0 rings (SSSR count). The number of rotatable bonds is 5. The Morgan fingerprint density at radius 1 is 1.69 bits per heavy atom. The van der Waals surface area contributed by atoms with E-state index < -0.39 is 22.3 Å². The van der Waals surface area contributed by atoms with Crippen molar-refractivity contribution in [3.63, 3.8) is 0 Å². The molecule has 0 aromatic rings. The van der Waals surface area contributed by atoms with Crippen LogP contribution in [0.2, 0.25) is 0 Å². The van der Waals surface area contributed by atoms with E-state index in [0.717, 1.165) is 0 Å². The Morgan fingerprint density at radius 2 is 2.23 bits per heavy atom. The molecular weight excluding hydrogens is 185 g/mol. The Kier molecular flexibility index (Phi) is 5.27. The molecule has 0 spiro atoms. The van der Waals surface area contributed by atoms with E-state index >= 15 is 0 Å². The summed E-state index contributed by atoms with van der Waals surface area (Å²) in [5.41, 5.74) is -0.668. The molecule has 0 aliphatic heterocycles. The predicted octanol–water partition coefficient (Wildman–Crippen LogP) is 0.162. The largest absolute Gasteiger partial charge is 0.391 e. The summed E-state index contributed by atoms with van der Waals surface area (Å²) in [7, 11) is 4.08. The molecule has 13 heavy (non-hydrogen) atoms. The zero-order chi connectivity index (χ0) is 10.5. The fraction of sp³-hybridized carbons (Fsp3) is 0.875. The molecule has 2 atom stereocenters. The molecule has 0 fully saturated rings. The molecule has 72 valence electrons. The third kappa shape index (κ3) is 4.44. The van der Waals surface area contributed by atoms with Crippen molar-refractivity contribution in [1.29, 1.82) is 5.26 Å². The average Bonchev–Trinajstić information content (AvgIpc) is 2.13. The van der Waals surface area contributed by atoms with Crippen LogP contribution in [0.3, 0.4) is 0 Å². The molecule has 1 N–H and O–H groups in total. The van der Waals surface area contributed by atoms with E-state index in [1.54, 1.807) is 13.8 Å². The maximum atomic E-state index is 10.9. The molecule has 0 bridgehead atoms. The highest BCUT2D eigenvalue weighted by atomic mass is 32.2. The number of aliphatic hydroxyl groups excluding tert-OH is 1. The summed E-state index contributed by atoms with van der Waals surface area (Å²) in [6.07, 6.45) is -0.391. The summed E-state index contributed by atoms with van der Waals surface area (Å²) in [6, 6.07) is 2.00. The van der Waals surface area contributed by atoms with Gasteiger partial charge in [-0.25, -0.2) is 0 Å². The van der Waals surface area contributed by atoms with Gasteiger partial charge in [-0.15, -0.1) is 0 Å². The van der Waals surface area contributed by atoms with Gasteiger partial charge in [0.25, 0.3) is 0 Å². The second kappa shape index (κ2) is 5.41. The van der Waals surface area contributed by atoms with E-state index in [4.69, 9.17) is 13.1 Å². The normalized spacial score (nSPS) is 16.2. The number of hydrogen-bond acceptors (Lipinski definition) is 3. The lowest BCUT2D eigenvalue weighted by atomic mass is 9.87. The minimum Gasteiger partial charge on any atom is -0.391 e. The molecule has 3 nitrogen and oxygen atoms in total. The Morgan fingerprint density at radius 3 is 2.62 bits per heavy atom. The van der Waals surface area contributed by atoms with Gasteiger partial charge in [-0.05, 0) is 25.9 Å². The van der Waals surface area contributed by atoms with Crippen LogP contribution in [0.4, 0.5) is 0 Å². The van der Waals surface area contributed by atoms with Crippen LogP contribution in [0.5, 0.6) is 0 Å². The van der Waals surface area contributed by atoms with Crippen LogP contribution in [0.25, 0.3) is 0 Å². The van der Waals surface area contributed by atoms with Crippen molar-refractivity contribution < 1.29 is 9.32 Å². The molecule has 5 heteroatoms. The maximum absolute atomic E-state index is 10.9. The van der Waals surface area contributed by atoms with Crippen LogP contribution in [0.1, 0.15) is 20.3 Å². The SMILES string of the molecule is [B]CS(=O)CCC(O)C(C)(C)C#N. The van der Waals surface area contributed by atoms with Gasteiger partial charge >= 0.3 is 0 Å². The molecule has 2 radical (unpaired) electrons. The van der Waals surface area contributed by atoms with Gasteiger partial charge in [-0.2, -0.15) is 5.26 Å². The van der Waals surface area contributed by atoms with Gasteiger partial charge in [0.2, 0.25) is 0 Å². The van der Waals surface area contributed by atoms with Crippen LogP contribution < -0.4 is 0 Å². The molecular formula is C8H14BNO2S. The first kappa shape index (κ1) is 12.7. The van der Waals surface area contributed by atoms with E-state index in [2.05, 4.69) is 0 Å². The van der Waals surface area contributed by atoms with E-state index in [0.29, 0.717) is 12.2 Å². The first-order chi connectivity index (χ1) is 5.94. The zero-order valence-electron chi connectivity index (χ0n) is 7.99. The van der Waals surface area contributed by atoms with Crippen LogP contribution in [0, 0.1) is 16.7 Å². The summed E-state index contributed by atoms with van der Waals surface area (Å²) in [4.78, 5) is 0. The number of hydrogen-bond donors (Lipinski definition) is 1. The molecule has 0 saturated heterocycles. The molecule has 2 unspecified atom stereocenters. The summed E-state index contributed by atoms with van der Waals surface area (Å²) in [5, 5.41) is 18.2. The van der Waals surface area contributed by atoms with Crippen molar-refractivity contribution >= 4 is 18.6 Å². The number of nitriles is 1. The molecule has 0 aliphatic carbocycles. The van der Waals surface area contributed by atoms with Crippen molar-refractivity contribution in [2.45, 2.75) is 26.4 Å². The monoisotopic (exact) mass is 199 g/mol. The maximum Gasteiger partial charge on any atom is 0.0834 e. The van der Waals surface area contributed by atoms with Gasteiger partial charge in [0, 0.05) is 16.6 Å². The minimum absolute atomic E-state index is 0.111. The highest BCUT2D eigenvalue weighted by molar-refractivity contribution is 7.86. The number of nitrogens with zero attached hydrogens (tertiary/aromatic N) is 1. The van der Waals surface area contributed by atoms with Crippen molar-refractivity contribution in [1.82, 2.24) is 0 Å². The fourth-order valence-corrected chi connectivity index (χ4v) is 1.41. The Bertz CT molecular complexity index is 225. The standard InChI is InChI=1S/C8H14BNO2S/c1-8(2,5-10)7(11)3-4-13(12)6-9/h7,11H,3-4,6H2,1-2H3. The van der Waals surface area contributed by atoms with Gasteiger partial charge in [-0.3, -0.25) is 4.21 Å². The van der Waals surface area contributed by atoms with Crippen molar-refractivity contribution in [2.75, 3.05) is 11.4 Å². The molecule has 0 saturated carbocycles. The quantitative estimate of drug-likeness (QED) is 0.641. The van der Waals surface area contributed by atoms with Gasteiger partial charge < -0.3 is 5.11 Å². The summed E-state index contributed by atoms with van der Waals surface area (Å²) in [6.45, 7) is 3.31. The third-order valence-electron chi connectivity index (χ3n) is 1.93. The minimum atomic E-state index is -1.08. The van der Waals surface area contributed by atoms with Crippen molar-refractivity contribution in [3.05, 3.63) is 0 Å². The lowest BCUT2D eigenvalue weighted by Gasteiger charge is -2.22. The smallest absolute Gasteiger partial charge is 0.0834 e. The van der Waals surface area contributed by atoms with Crippen molar-refractivity contribution in [3.8, 4) is 6.07 Å². The fourth-order valence-electron chi connectivity index (χ4n) is 0.762. The molecule has 0 aromatic heterocycles. The van der Waals surface area contributed by atoms with Gasteiger partial charge in [0.1, 0.15) is 0 Å². The van der Waals surface area contributed by atoms with Crippen molar-refractivity contribution in [2.24, 2.45) is 5.41 Å². The van der Waals surface area contributed by atoms with Gasteiger partial charge in [-0.1, -0.05) is 0 Å².